The monoisotopic (exact) mass is 140 g/mol. The van der Waals surface area contributed by atoms with Crippen LogP contribution in [-0.4, -0.2) is 23.9 Å². The molecule has 0 aliphatic carbocycles. The average molecular weight is 140 g/mol. The van der Waals surface area contributed by atoms with Gasteiger partial charge in [-0.2, -0.15) is 0 Å². The van der Waals surface area contributed by atoms with Crippen molar-refractivity contribution < 1.29 is 68.5 Å². The van der Waals surface area contributed by atoms with E-state index >= 15 is 0 Å². The van der Waals surface area contributed by atoms with Gasteiger partial charge in [0.05, 0.1) is 0 Å². The number of hydrogen-bond donors (Lipinski definition) is 0. The van der Waals surface area contributed by atoms with Crippen LogP contribution in [0.3, 0.4) is 0 Å². The Hall–Kier alpha value is 0.0548. The minimum atomic E-state index is -0.500. The number of carbonyl (C=O) groups is 2. The third kappa shape index (κ3) is 133000. The standard InChI is InChI=1S/2CH2O2.2Li.2H2O/c2*2-1-3;;;;/h2*1H,(H,2,3);;;2*1H2/q;;2*+1;;/p-2. The first-order chi connectivity index (χ1) is 2.83. The van der Waals surface area contributed by atoms with Gasteiger partial charge in [0.15, 0.2) is 0 Å². The number of rotatable bonds is 0. The SMILES string of the molecule is O.O.O=C[O-].O=C[O-].[Li+].[Li+]. The maximum absolute atomic E-state index is 8.25. The Morgan fingerprint density at radius 3 is 0.800 bits per heavy atom. The van der Waals surface area contributed by atoms with Crippen LogP contribution in [0, 0.1) is 0 Å². The summed E-state index contributed by atoms with van der Waals surface area (Å²) in [6, 6.07) is 0. The second-order valence-electron chi connectivity index (χ2n) is 0.192. The maximum Gasteiger partial charge on any atom is 1.00 e. The van der Waals surface area contributed by atoms with Crippen molar-refractivity contribution in [2.24, 2.45) is 0 Å². The average Bonchev–Trinajstić information content (AvgIpc) is 1.39. The van der Waals surface area contributed by atoms with Crippen LogP contribution in [0.1, 0.15) is 0 Å². The van der Waals surface area contributed by atoms with E-state index in [-0.39, 0.29) is 48.7 Å². The summed E-state index contributed by atoms with van der Waals surface area (Å²) in [5.74, 6) is 0. The molecule has 0 aromatic carbocycles. The minimum Gasteiger partial charge on any atom is -0.554 e. The fourth-order valence-corrected chi connectivity index (χ4v) is 0. The smallest absolute Gasteiger partial charge is 0.554 e. The summed E-state index contributed by atoms with van der Waals surface area (Å²) in [7, 11) is 0. The molecule has 0 aliphatic rings. The molecule has 0 aliphatic heterocycles. The van der Waals surface area contributed by atoms with Gasteiger partial charge in [-0.05, 0) is 0 Å². The van der Waals surface area contributed by atoms with Crippen molar-refractivity contribution in [3.05, 3.63) is 0 Å². The number of carbonyl (C=O) groups excluding carboxylic acids is 2. The first-order valence-electron chi connectivity index (χ1n) is 0.943. The van der Waals surface area contributed by atoms with Crippen molar-refractivity contribution in [2.45, 2.75) is 0 Å². The van der Waals surface area contributed by atoms with E-state index in [1.54, 1.807) is 0 Å². The Labute approximate surface area is 81.6 Å². The zero-order valence-corrected chi connectivity index (χ0v) is 5.79. The molecule has 4 N–H and O–H groups in total. The van der Waals surface area contributed by atoms with Gasteiger partial charge in [0.1, 0.15) is 0 Å². The fourth-order valence-electron chi connectivity index (χ4n) is 0. The summed E-state index contributed by atoms with van der Waals surface area (Å²) < 4.78 is 0. The molecule has 0 heterocycles. The van der Waals surface area contributed by atoms with Gasteiger partial charge >= 0.3 is 37.7 Å². The molecular formula is C2H6Li2O6. The summed E-state index contributed by atoms with van der Waals surface area (Å²) in [6.45, 7) is -1.00. The van der Waals surface area contributed by atoms with Gasteiger partial charge in [-0.25, -0.2) is 0 Å². The molecule has 52 valence electrons. The van der Waals surface area contributed by atoms with Crippen LogP contribution in [0.25, 0.3) is 0 Å². The zero-order chi connectivity index (χ0) is 5.41. The normalized spacial score (nSPS) is 2.40. The fraction of sp³-hybridized carbons (Fsp3) is 0. The van der Waals surface area contributed by atoms with Crippen LogP contribution >= 0.6 is 0 Å². The molecule has 0 radical (unpaired) electrons. The first kappa shape index (κ1) is 50.1. The molecule has 0 amide bonds. The van der Waals surface area contributed by atoms with Crippen molar-refractivity contribution in [1.29, 1.82) is 0 Å². The van der Waals surface area contributed by atoms with E-state index in [2.05, 4.69) is 0 Å². The van der Waals surface area contributed by atoms with E-state index < -0.39 is 12.9 Å². The second kappa shape index (κ2) is 139. The van der Waals surface area contributed by atoms with Crippen molar-refractivity contribution >= 4 is 12.9 Å². The van der Waals surface area contributed by atoms with E-state index in [0.717, 1.165) is 0 Å². The molecule has 0 rings (SSSR count). The Kier molecular flexibility index (Phi) is 698. The van der Waals surface area contributed by atoms with Gasteiger partial charge in [-0.1, -0.05) is 0 Å². The van der Waals surface area contributed by atoms with E-state index in [4.69, 9.17) is 19.8 Å². The molecule has 0 saturated heterocycles. The summed E-state index contributed by atoms with van der Waals surface area (Å²) in [5, 5.41) is 16.5. The quantitative estimate of drug-likeness (QED) is 0.243. The topological polar surface area (TPSA) is 143 Å². The molecular weight excluding hydrogens is 134 g/mol. The number of carboxylic acid groups (broad SMARTS) is 2. The molecule has 0 aromatic rings. The van der Waals surface area contributed by atoms with E-state index in [0.29, 0.717) is 0 Å². The molecule has 6 nitrogen and oxygen atoms in total. The van der Waals surface area contributed by atoms with Crippen LogP contribution in [0.15, 0.2) is 0 Å². The molecule has 0 bridgehead atoms. The number of hydrogen-bond acceptors (Lipinski definition) is 4. The predicted octanol–water partition coefficient (Wildman–Crippen LogP) is -10.9. The van der Waals surface area contributed by atoms with Crippen molar-refractivity contribution in [3.8, 4) is 0 Å². The Bertz CT molecular complexity index is 34.7. The van der Waals surface area contributed by atoms with Gasteiger partial charge in [-0.15, -0.1) is 0 Å². The van der Waals surface area contributed by atoms with Crippen molar-refractivity contribution in [1.82, 2.24) is 0 Å². The summed E-state index contributed by atoms with van der Waals surface area (Å²) >= 11 is 0. The molecule has 10 heavy (non-hydrogen) atoms. The summed E-state index contributed by atoms with van der Waals surface area (Å²) in [6.07, 6.45) is 0. The first-order valence-corrected chi connectivity index (χ1v) is 0.943. The molecule has 0 saturated carbocycles. The Morgan fingerprint density at radius 2 is 0.800 bits per heavy atom. The van der Waals surface area contributed by atoms with Gasteiger partial charge in [0.2, 0.25) is 0 Å². The molecule has 0 fully saturated rings. The third-order valence-corrected chi connectivity index (χ3v) is 0. The van der Waals surface area contributed by atoms with Gasteiger partial charge < -0.3 is 30.8 Å². The Balaban J connectivity index is -0.00000000571. The van der Waals surface area contributed by atoms with Gasteiger partial charge in [0, 0.05) is 12.9 Å². The van der Waals surface area contributed by atoms with Crippen LogP contribution in [0.4, 0.5) is 0 Å². The zero-order valence-electron chi connectivity index (χ0n) is 5.79. The van der Waals surface area contributed by atoms with E-state index in [9.17, 15) is 0 Å². The van der Waals surface area contributed by atoms with Crippen LogP contribution < -0.4 is 47.9 Å². The summed E-state index contributed by atoms with van der Waals surface area (Å²) in [5.41, 5.74) is 0. The predicted molar refractivity (Wildman–Crippen MR) is 19.4 cm³/mol. The second-order valence-corrected chi connectivity index (χ2v) is 0.192. The van der Waals surface area contributed by atoms with Crippen molar-refractivity contribution in [2.75, 3.05) is 0 Å². The molecule has 0 spiro atoms. The van der Waals surface area contributed by atoms with Gasteiger partial charge in [-0.3, -0.25) is 0 Å². The van der Waals surface area contributed by atoms with E-state index in [1.807, 2.05) is 0 Å². The Morgan fingerprint density at radius 1 is 0.800 bits per heavy atom. The maximum atomic E-state index is 8.25. The minimum absolute atomic E-state index is 0. The van der Waals surface area contributed by atoms with E-state index in [1.165, 1.54) is 0 Å². The molecule has 0 aromatic heterocycles. The molecule has 8 heteroatoms. The van der Waals surface area contributed by atoms with Crippen LogP contribution in [-0.2, 0) is 9.59 Å². The van der Waals surface area contributed by atoms with Gasteiger partial charge in [0.25, 0.3) is 0 Å². The third-order valence-electron chi connectivity index (χ3n) is 0. The molecule has 0 unspecified atom stereocenters. The largest absolute Gasteiger partial charge is 1.00 e. The molecule has 0 atom stereocenters. The van der Waals surface area contributed by atoms with Crippen LogP contribution in [0.5, 0.6) is 0 Å². The van der Waals surface area contributed by atoms with Crippen LogP contribution in [0.2, 0.25) is 0 Å². The summed E-state index contributed by atoms with van der Waals surface area (Å²) in [4.78, 5) is 16.5. The van der Waals surface area contributed by atoms with Crippen molar-refractivity contribution in [3.63, 3.8) is 0 Å².